The Morgan fingerprint density at radius 1 is 1.38 bits per heavy atom. The fourth-order valence-corrected chi connectivity index (χ4v) is 1.71. The summed E-state index contributed by atoms with van der Waals surface area (Å²) in [4.78, 5) is 11.8. The van der Waals surface area contributed by atoms with Gasteiger partial charge in [-0.2, -0.15) is 0 Å². The van der Waals surface area contributed by atoms with Crippen LogP contribution in [0.15, 0.2) is 29.8 Å². The molecule has 0 N–H and O–H groups in total. The van der Waals surface area contributed by atoms with Crippen LogP contribution in [0.4, 0.5) is 0 Å². The van der Waals surface area contributed by atoms with Gasteiger partial charge in [-0.15, -0.1) is 0 Å². The van der Waals surface area contributed by atoms with Crippen LogP contribution in [0.5, 0.6) is 0 Å². The lowest BCUT2D eigenvalue weighted by Gasteiger charge is -2.00. The molecule has 13 heavy (non-hydrogen) atoms. The minimum atomic E-state index is -0.712. The van der Waals surface area contributed by atoms with Crippen molar-refractivity contribution in [1.29, 1.82) is 0 Å². The zero-order valence-electron chi connectivity index (χ0n) is 8.79. The van der Waals surface area contributed by atoms with Gasteiger partial charge in [0.25, 0.3) is 0 Å². The minimum absolute atomic E-state index is 0.0637. The second-order valence-electron chi connectivity index (χ2n) is 3.47. The molecule has 1 aliphatic rings. The normalized spacial score (nSPS) is 21.4. The maximum atomic E-state index is 11.8. The molecule has 1 atom stereocenters. The molecule has 0 fully saturated rings. The summed E-state index contributed by atoms with van der Waals surface area (Å²) in [5.41, 5.74) is 3.52. The third kappa shape index (κ3) is 1.21. The van der Waals surface area contributed by atoms with E-state index in [1.165, 1.54) is 0 Å². The van der Waals surface area contributed by atoms with E-state index in [0.717, 1.165) is 22.3 Å². The maximum absolute atomic E-state index is 11.8. The quantitative estimate of drug-likeness (QED) is 0.551. The first-order valence-electron chi connectivity index (χ1n) is 4.94. The predicted octanol–water partition coefficient (Wildman–Crippen LogP) is 2.61. The first kappa shape index (κ1) is 7.07. The molecule has 1 heteroatoms. The second kappa shape index (κ2) is 2.84. The topological polar surface area (TPSA) is 17.1 Å². The van der Waals surface area contributed by atoms with Gasteiger partial charge in [-0.1, -0.05) is 29.8 Å². The number of carbonyl (C=O) groups excluding carboxylic acids is 1. The van der Waals surface area contributed by atoms with Crippen LogP contribution >= 0.6 is 0 Å². The van der Waals surface area contributed by atoms with Crippen LogP contribution in [-0.4, -0.2) is 5.78 Å². The molecule has 0 saturated heterocycles. The Morgan fingerprint density at radius 2 is 2.08 bits per heavy atom. The molecule has 1 aromatic carbocycles. The number of rotatable bonds is 0. The molecule has 1 aliphatic carbocycles. The second-order valence-corrected chi connectivity index (χ2v) is 3.47. The average molecular weight is 173 g/mol. The van der Waals surface area contributed by atoms with Crippen LogP contribution < -0.4 is 0 Å². The third-order valence-corrected chi connectivity index (χ3v) is 2.26. The molecule has 0 radical (unpaired) electrons. The largest absolute Gasteiger partial charge is 0.294 e. The molecule has 0 amide bonds. The van der Waals surface area contributed by atoms with Gasteiger partial charge in [-0.3, -0.25) is 4.79 Å². The Bertz CT molecular complexity index is 428. The van der Waals surface area contributed by atoms with Gasteiger partial charge in [0, 0.05) is 13.3 Å². The highest BCUT2D eigenvalue weighted by molar-refractivity contribution is 6.26. The van der Waals surface area contributed by atoms with Gasteiger partial charge in [0.05, 0.1) is 0 Å². The number of hydrogen-bond acceptors (Lipinski definition) is 1. The average Bonchev–Trinajstić information content (AvgIpc) is 2.41. The van der Waals surface area contributed by atoms with E-state index >= 15 is 0 Å². The van der Waals surface area contributed by atoms with E-state index in [0.29, 0.717) is 0 Å². The van der Waals surface area contributed by atoms with Gasteiger partial charge in [-0.25, -0.2) is 0 Å². The summed E-state index contributed by atoms with van der Waals surface area (Å²) in [5, 5.41) is 0. The Balaban J connectivity index is 2.72. The molecule has 0 spiro atoms. The van der Waals surface area contributed by atoms with Crippen molar-refractivity contribution >= 4 is 11.4 Å². The first-order valence-corrected chi connectivity index (χ1v) is 4.36. The molecule has 2 rings (SSSR count). The molecule has 0 aliphatic heterocycles. The number of benzene rings is 1. The van der Waals surface area contributed by atoms with Crippen molar-refractivity contribution in [2.75, 3.05) is 0 Å². The van der Waals surface area contributed by atoms with Crippen LogP contribution in [0.1, 0.15) is 26.3 Å². The fourth-order valence-electron chi connectivity index (χ4n) is 1.71. The summed E-state index contributed by atoms with van der Waals surface area (Å²) in [6.07, 6.45) is -0.712. The standard InChI is InChI=1S/C12H12O/c1-8(2)12-10-6-4-3-5-9(10)7-11(12)13/h3-6H,7H2,1-2H3/i7D. The van der Waals surface area contributed by atoms with Gasteiger partial charge in [0.2, 0.25) is 0 Å². The van der Waals surface area contributed by atoms with E-state index in [-0.39, 0.29) is 5.78 Å². The minimum Gasteiger partial charge on any atom is -0.294 e. The Morgan fingerprint density at radius 3 is 2.77 bits per heavy atom. The van der Waals surface area contributed by atoms with Gasteiger partial charge in [-0.05, 0) is 25.0 Å². The molecular weight excluding hydrogens is 160 g/mol. The van der Waals surface area contributed by atoms with Crippen molar-refractivity contribution in [2.24, 2.45) is 0 Å². The molecule has 1 aromatic rings. The Hall–Kier alpha value is -1.37. The summed E-state index contributed by atoms with van der Waals surface area (Å²) in [7, 11) is 0. The molecule has 0 aromatic heterocycles. The van der Waals surface area contributed by atoms with Crippen molar-refractivity contribution in [3.63, 3.8) is 0 Å². The van der Waals surface area contributed by atoms with E-state index in [9.17, 15) is 4.79 Å². The van der Waals surface area contributed by atoms with Gasteiger partial charge in [0.1, 0.15) is 0 Å². The summed E-state index contributed by atoms with van der Waals surface area (Å²) in [6, 6.07) is 7.57. The molecule has 0 saturated carbocycles. The van der Waals surface area contributed by atoms with Crippen LogP contribution in [0, 0.1) is 0 Å². The lowest BCUT2D eigenvalue weighted by molar-refractivity contribution is -0.112. The lowest BCUT2D eigenvalue weighted by Crippen LogP contribution is -1.95. The molecule has 66 valence electrons. The summed E-state index contributed by atoms with van der Waals surface area (Å²) >= 11 is 0. The lowest BCUT2D eigenvalue weighted by atomic mass is 10.0. The third-order valence-electron chi connectivity index (χ3n) is 2.26. The van der Waals surface area contributed by atoms with Gasteiger partial charge in [0.15, 0.2) is 5.78 Å². The number of allylic oxidation sites excluding steroid dienone is 2. The zero-order chi connectivity index (χ0) is 10.3. The Labute approximate surface area is 79.5 Å². The number of carbonyl (C=O) groups is 1. The molecule has 1 unspecified atom stereocenters. The van der Waals surface area contributed by atoms with E-state index < -0.39 is 6.40 Å². The van der Waals surface area contributed by atoms with Gasteiger partial charge >= 0.3 is 0 Å². The summed E-state index contributed by atoms with van der Waals surface area (Å²) in [5.74, 6) is -0.0637. The van der Waals surface area contributed by atoms with Crippen molar-refractivity contribution in [3.05, 3.63) is 41.0 Å². The highest BCUT2D eigenvalue weighted by Gasteiger charge is 2.24. The van der Waals surface area contributed by atoms with Crippen LogP contribution in [0.3, 0.4) is 0 Å². The SMILES string of the molecule is [2H]C1C(=O)C(=C(C)C)c2ccccc21. The van der Waals surface area contributed by atoms with Crippen molar-refractivity contribution in [2.45, 2.75) is 20.2 Å². The predicted molar refractivity (Wildman–Crippen MR) is 53.4 cm³/mol. The molecule has 0 heterocycles. The van der Waals surface area contributed by atoms with Crippen molar-refractivity contribution < 1.29 is 6.17 Å². The van der Waals surface area contributed by atoms with Crippen molar-refractivity contribution in [1.82, 2.24) is 0 Å². The highest BCUT2D eigenvalue weighted by atomic mass is 16.1. The van der Waals surface area contributed by atoms with Crippen LogP contribution in [0.25, 0.3) is 5.57 Å². The summed E-state index contributed by atoms with van der Waals surface area (Å²) in [6.45, 7) is 3.84. The molecule has 1 nitrogen and oxygen atoms in total. The fraction of sp³-hybridized carbons (Fsp3) is 0.250. The number of fused-ring (bicyclic) bond motifs is 1. The number of hydrogen-bond donors (Lipinski definition) is 0. The Kier molecular flexibility index (Phi) is 1.55. The maximum Gasteiger partial charge on any atom is 0.167 e. The van der Waals surface area contributed by atoms with E-state index in [1.807, 2.05) is 38.1 Å². The van der Waals surface area contributed by atoms with Crippen LogP contribution in [0.2, 0.25) is 0 Å². The van der Waals surface area contributed by atoms with E-state index in [1.54, 1.807) is 0 Å². The van der Waals surface area contributed by atoms with Crippen LogP contribution in [-0.2, 0) is 11.2 Å². The number of ketones is 1. The summed E-state index contributed by atoms with van der Waals surface area (Å²) < 4.78 is 7.76. The monoisotopic (exact) mass is 173 g/mol. The van der Waals surface area contributed by atoms with Crippen molar-refractivity contribution in [3.8, 4) is 0 Å². The zero-order valence-corrected chi connectivity index (χ0v) is 7.79. The first-order chi connectivity index (χ1) is 6.63. The number of Topliss-reactive ketones (excluding diaryl/α,β-unsaturated/α-hetero) is 1. The highest BCUT2D eigenvalue weighted by Crippen LogP contribution is 2.31. The smallest absolute Gasteiger partial charge is 0.167 e. The molecular formula is C12H12O. The van der Waals surface area contributed by atoms with E-state index in [2.05, 4.69) is 0 Å². The van der Waals surface area contributed by atoms with E-state index in [4.69, 9.17) is 1.37 Å². The van der Waals surface area contributed by atoms with Gasteiger partial charge < -0.3 is 0 Å². The molecule has 0 bridgehead atoms.